The summed E-state index contributed by atoms with van der Waals surface area (Å²) in [5, 5.41) is 0. The van der Waals surface area contributed by atoms with Crippen LogP contribution in [-0.4, -0.2) is 36.3 Å². The highest BCUT2D eigenvalue weighted by Crippen LogP contribution is 2.47. The van der Waals surface area contributed by atoms with Gasteiger partial charge in [-0.05, 0) is 12.8 Å². The van der Waals surface area contributed by atoms with Crippen molar-refractivity contribution < 1.29 is 9.09 Å². The van der Waals surface area contributed by atoms with Crippen molar-refractivity contribution >= 4 is 24.7 Å². The van der Waals surface area contributed by atoms with Crippen molar-refractivity contribution in [1.29, 1.82) is 0 Å². The van der Waals surface area contributed by atoms with Crippen molar-refractivity contribution in [1.82, 2.24) is 0 Å². The van der Waals surface area contributed by atoms with E-state index >= 15 is 0 Å². The van der Waals surface area contributed by atoms with E-state index in [1.54, 1.807) is 0 Å². The molecule has 0 radical (unpaired) electrons. The van der Waals surface area contributed by atoms with Gasteiger partial charge in [0.15, 0.2) is 17.4 Å². The van der Waals surface area contributed by atoms with Crippen molar-refractivity contribution in [2.75, 3.05) is 18.9 Å². The Labute approximate surface area is 99.4 Å². The van der Waals surface area contributed by atoms with Crippen molar-refractivity contribution in [3.05, 3.63) is 0 Å². The summed E-state index contributed by atoms with van der Waals surface area (Å²) in [6, 6.07) is 0. The largest absolute Gasteiger partial charge is 0.328 e. The first kappa shape index (κ1) is 17.1. The minimum Gasteiger partial charge on any atom is -0.328 e. The number of rotatable bonds is 8. The van der Waals surface area contributed by atoms with Gasteiger partial charge in [-0.15, -0.1) is 0 Å². The molecule has 0 fully saturated rings. The van der Waals surface area contributed by atoms with Crippen LogP contribution < -0.4 is 0 Å². The van der Waals surface area contributed by atoms with Crippen LogP contribution in [0.2, 0.25) is 0 Å². The molecule has 0 aliphatic heterocycles. The van der Waals surface area contributed by atoms with Crippen molar-refractivity contribution in [2.24, 2.45) is 0 Å². The smallest absolute Gasteiger partial charge is 0.202 e. The highest BCUT2D eigenvalue weighted by Gasteiger charge is 2.18. The SMILES string of the molecule is CCCCOP(=O)(CC)CCCC.[AlH3]. The van der Waals surface area contributed by atoms with Crippen LogP contribution in [0.4, 0.5) is 0 Å². The Hall–Kier alpha value is 0.722. The monoisotopic (exact) mass is 236 g/mol. The minimum absolute atomic E-state index is 0. The van der Waals surface area contributed by atoms with Gasteiger partial charge in [-0.1, -0.05) is 33.6 Å². The molecule has 0 aliphatic carbocycles. The van der Waals surface area contributed by atoms with E-state index in [0.717, 1.165) is 31.8 Å². The number of hydrogen-bond acceptors (Lipinski definition) is 2. The minimum atomic E-state index is -2.25. The third-order valence-electron chi connectivity index (χ3n) is 2.16. The van der Waals surface area contributed by atoms with Gasteiger partial charge in [-0.25, -0.2) is 0 Å². The molecular formula is C10H26AlO2P. The lowest BCUT2D eigenvalue weighted by atomic mass is 10.4. The second kappa shape index (κ2) is 10.2. The summed E-state index contributed by atoms with van der Waals surface area (Å²) in [7, 11) is -2.25. The van der Waals surface area contributed by atoms with Crippen LogP contribution >= 0.6 is 7.37 Å². The summed E-state index contributed by atoms with van der Waals surface area (Å²) in [5.41, 5.74) is 0. The summed E-state index contributed by atoms with van der Waals surface area (Å²) in [5.74, 6) is 0. The lowest BCUT2D eigenvalue weighted by molar-refractivity contribution is 0.306. The zero-order chi connectivity index (χ0) is 10.2. The van der Waals surface area contributed by atoms with Crippen LogP contribution in [0.15, 0.2) is 0 Å². The Bertz CT molecular complexity index is 162. The molecule has 0 spiro atoms. The molecule has 0 bridgehead atoms. The van der Waals surface area contributed by atoms with E-state index in [2.05, 4.69) is 13.8 Å². The van der Waals surface area contributed by atoms with Gasteiger partial charge in [-0.3, -0.25) is 4.57 Å². The molecule has 0 N–H and O–H groups in total. The van der Waals surface area contributed by atoms with Crippen LogP contribution in [-0.2, 0) is 9.09 Å². The Morgan fingerprint density at radius 2 is 1.64 bits per heavy atom. The fraction of sp³-hybridized carbons (Fsp3) is 1.00. The Morgan fingerprint density at radius 3 is 2.07 bits per heavy atom. The van der Waals surface area contributed by atoms with Crippen LogP contribution in [0.5, 0.6) is 0 Å². The van der Waals surface area contributed by atoms with Gasteiger partial charge in [0.05, 0.1) is 6.61 Å². The lowest BCUT2D eigenvalue weighted by Crippen LogP contribution is -1.99. The molecule has 2 nitrogen and oxygen atoms in total. The fourth-order valence-electron chi connectivity index (χ4n) is 1.09. The topological polar surface area (TPSA) is 26.3 Å². The highest BCUT2D eigenvalue weighted by atomic mass is 31.2. The summed E-state index contributed by atoms with van der Waals surface area (Å²) in [4.78, 5) is 0. The van der Waals surface area contributed by atoms with Gasteiger partial charge < -0.3 is 4.52 Å². The summed E-state index contributed by atoms with van der Waals surface area (Å²) >= 11 is 0. The van der Waals surface area contributed by atoms with Crippen LogP contribution in [0.3, 0.4) is 0 Å². The van der Waals surface area contributed by atoms with Crippen LogP contribution in [0.25, 0.3) is 0 Å². The second-order valence-electron chi connectivity index (χ2n) is 3.39. The Kier molecular flexibility index (Phi) is 12.5. The van der Waals surface area contributed by atoms with E-state index in [9.17, 15) is 4.57 Å². The zero-order valence-electron chi connectivity index (χ0n) is 9.21. The van der Waals surface area contributed by atoms with Gasteiger partial charge in [0, 0.05) is 12.3 Å². The molecule has 0 aromatic rings. The van der Waals surface area contributed by atoms with E-state index < -0.39 is 7.37 Å². The van der Waals surface area contributed by atoms with Gasteiger partial charge in [0.2, 0.25) is 7.37 Å². The first-order chi connectivity index (χ1) is 6.18. The molecule has 0 aromatic heterocycles. The molecule has 0 saturated carbocycles. The maximum Gasteiger partial charge on any atom is 0.202 e. The maximum absolute atomic E-state index is 12.0. The van der Waals surface area contributed by atoms with Gasteiger partial charge in [-0.2, -0.15) is 0 Å². The summed E-state index contributed by atoms with van der Waals surface area (Å²) < 4.78 is 17.5. The van der Waals surface area contributed by atoms with Gasteiger partial charge in [0.25, 0.3) is 0 Å². The van der Waals surface area contributed by atoms with Crippen molar-refractivity contribution in [2.45, 2.75) is 46.5 Å². The molecule has 0 saturated heterocycles. The zero-order valence-corrected chi connectivity index (χ0v) is 10.1. The first-order valence-corrected chi connectivity index (χ1v) is 7.40. The third-order valence-corrected chi connectivity index (χ3v) is 4.77. The molecule has 0 aromatic carbocycles. The third kappa shape index (κ3) is 8.07. The van der Waals surface area contributed by atoms with Crippen molar-refractivity contribution in [3.63, 3.8) is 0 Å². The first-order valence-electron chi connectivity index (χ1n) is 5.41. The molecule has 14 heavy (non-hydrogen) atoms. The Morgan fingerprint density at radius 1 is 1.07 bits per heavy atom. The molecule has 0 aliphatic rings. The molecule has 86 valence electrons. The molecule has 1 atom stereocenters. The second-order valence-corrected chi connectivity index (χ2v) is 6.36. The molecular weight excluding hydrogens is 210 g/mol. The average molecular weight is 236 g/mol. The predicted molar refractivity (Wildman–Crippen MR) is 68.7 cm³/mol. The molecule has 4 heteroatoms. The molecule has 0 amide bonds. The van der Waals surface area contributed by atoms with Crippen LogP contribution in [0, 0.1) is 0 Å². The maximum atomic E-state index is 12.0. The molecule has 0 rings (SSSR count). The average Bonchev–Trinajstić information content (AvgIpc) is 2.15. The number of unbranched alkanes of at least 4 members (excludes halogenated alkanes) is 2. The molecule has 1 unspecified atom stereocenters. The van der Waals surface area contributed by atoms with Gasteiger partial charge in [0.1, 0.15) is 0 Å². The summed E-state index contributed by atoms with van der Waals surface area (Å²) in [6.45, 7) is 6.87. The lowest BCUT2D eigenvalue weighted by Gasteiger charge is -2.16. The quantitative estimate of drug-likeness (QED) is 0.368. The molecule has 0 heterocycles. The number of hydrogen-bond donors (Lipinski definition) is 0. The van der Waals surface area contributed by atoms with E-state index in [1.165, 1.54) is 0 Å². The van der Waals surface area contributed by atoms with Crippen LogP contribution in [0.1, 0.15) is 46.5 Å². The normalized spacial score (nSPS) is 14.5. The van der Waals surface area contributed by atoms with E-state index in [0.29, 0.717) is 12.8 Å². The Balaban J connectivity index is 0. The van der Waals surface area contributed by atoms with Gasteiger partial charge >= 0.3 is 0 Å². The van der Waals surface area contributed by atoms with E-state index in [4.69, 9.17) is 4.52 Å². The standard InChI is InChI=1S/C10H23O2P.Al.3H/c1-4-7-9-12-13(11,6-3)10-8-5-2;;;;/h4-10H2,1-3H3;;;;. The van der Waals surface area contributed by atoms with E-state index in [1.807, 2.05) is 6.92 Å². The summed E-state index contributed by atoms with van der Waals surface area (Å²) in [6.07, 6.45) is 5.71. The highest BCUT2D eigenvalue weighted by molar-refractivity contribution is 7.58. The van der Waals surface area contributed by atoms with Crippen molar-refractivity contribution in [3.8, 4) is 0 Å². The van der Waals surface area contributed by atoms with E-state index in [-0.39, 0.29) is 17.4 Å². The predicted octanol–water partition coefficient (Wildman–Crippen LogP) is 2.72. The fourth-order valence-corrected chi connectivity index (χ4v) is 2.98.